The van der Waals surface area contributed by atoms with Gasteiger partial charge in [-0.05, 0) is 44.9 Å². The Bertz CT molecular complexity index is 164. The molecule has 0 saturated heterocycles. The van der Waals surface area contributed by atoms with Crippen molar-refractivity contribution in [3.05, 3.63) is 0 Å². The molecule has 1 fully saturated rings. The van der Waals surface area contributed by atoms with Crippen LogP contribution in [0.25, 0.3) is 0 Å². The molecule has 0 unspecified atom stereocenters. The predicted octanol–water partition coefficient (Wildman–Crippen LogP) is 3.18. The summed E-state index contributed by atoms with van der Waals surface area (Å²) in [6.45, 7) is 6.20. The highest BCUT2D eigenvalue weighted by molar-refractivity contribution is 5.82. The molecule has 0 aliphatic heterocycles. The molecule has 0 bridgehead atoms. The summed E-state index contributed by atoms with van der Waals surface area (Å²) in [5.74, 6) is 1.25. The number of hydrogen-bond acceptors (Lipinski definition) is 1. The number of rotatable bonds is 2. The lowest BCUT2D eigenvalue weighted by Gasteiger charge is -2.36. The van der Waals surface area contributed by atoms with Crippen molar-refractivity contribution in [2.24, 2.45) is 11.3 Å². The SMILES string of the molecule is CCC1(C(C)=O)CCC(C)CC1. The van der Waals surface area contributed by atoms with E-state index in [1.165, 1.54) is 12.8 Å². The second-order valence-corrected chi connectivity index (χ2v) is 4.37. The fourth-order valence-corrected chi connectivity index (χ4v) is 2.27. The molecule has 1 nitrogen and oxygen atoms in total. The summed E-state index contributed by atoms with van der Waals surface area (Å²) < 4.78 is 0. The van der Waals surface area contributed by atoms with Gasteiger partial charge in [0.1, 0.15) is 5.78 Å². The Hall–Kier alpha value is -0.330. The van der Waals surface area contributed by atoms with Crippen molar-refractivity contribution in [2.75, 3.05) is 0 Å². The first-order valence-corrected chi connectivity index (χ1v) is 5.12. The summed E-state index contributed by atoms with van der Waals surface area (Å²) in [6.07, 6.45) is 5.77. The summed E-state index contributed by atoms with van der Waals surface area (Å²) in [5, 5.41) is 0. The van der Waals surface area contributed by atoms with E-state index >= 15 is 0 Å². The first kappa shape index (κ1) is 9.76. The van der Waals surface area contributed by atoms with Crippen molar-refractivity contribution in [2.45, 2.75) is 52.9 Å². The molecule has 0 atom stereocenters. The first-order chi connectivity index (χ1) is 5.60. The molecule has 0 aromatic rings. The molecule has 70 valence electrons. The summed E-state index contributed by atoms with van der Waals surface area (Å²) >= 11 is 0. The fourth-order valence-electron chi connectivity index (χ4n) is 2.27. The number of hydrogen-bond donors (Lipinski definition) is 0. The minimum absolute atomic E-state index is 0.0620. The first-order valence-electron chi connectivity index (χ1n) is 5.12. The standard InChI is InChI=1S/C11H20O/c1-4-11(10(3)12)7-5-9(2)6-8-11/h9H,4-8H2,1-3H3. The zero-order valence-corrected chi connectivity index (χ0v) is 8.52. The van der Waals surface area contributed by atoms with Crippen LogP contribution in [-0.4, -0.2) is 5.78 Å². The molecule has 1 rings (SSSR count). The molecule has 0 aromatic heterocycles. The lowest BCUT2D eigenvalue weighted by Crippen LogP contribution is -2.32. The van der Waals surface area contributed by atoms with Crippen LogP contribution in [0, 0.1) is 11.3 Å². The van der Waals surface area contributed by atoms with Crippen molar-refractivity contribution in [1.82, 2.24) is 0 Å². The minimum Gasteiger partial charge on any atom is -0.299 e. The largest absolute Gasteiger partial charge is 0.299 e. The van der Waals surface area contributed by atoms with Gasteiger partial charge in [0.15, 0.2) is 0 Å². The van der Waals surface area contributed by atoms with E-state index in [4.69, 9.17) is 0 Å². The van der Waals surface area contributed by atoms with Gasteiger partial charge in [-0.25, -0.2) is 0 Å². The Morgan fingerprint density at radius 2 is 1.92 bits per heavy atom. The van der Waals surface area contributed by atoms with Crippen LogP contribution in [0.4, 0.5) is 0 Å². The van der Waals surface area contributed by atoms with E-state index < -0.39 is 0 Å². The minimum atomic E-state index is 0.0620. The molecule has 0 heterocycles. The van der Waals surface area contributed by atoms with Gasteiger partial charge in [0.05, 0.1) is 0 Å². The maximum absolute atomic E-state index is 11.5. The van der Waals surface area contributed by atoms with Crippen molar-refractivity contribution < 1.29 is 4.79 Å². The molecule has 1 heteroatoms. The number of carbonyl (C=O) groups excluding carboxylic acids is 1. The molecule has 0 aromatic carbocycles. The number of carbonyl (C=O) groups is 1. The second-order valence-electron chi connectivity index (χ2n) is 4.37. The molecule has 1 aliphatic carbocycles. The van der Waals surface area contributed by atoms with Crippen LogP contribution in [0.2, 0.25) is 0 Å². The van der Waals surface area contributed by atoms with Crippen LogP contribution in [0.3, 0.4) is 0 Å². The van der Waals surface area contributed by atoms with E-state index in [1.807, 2.05) is 0 Å². The monoisotopic (exact) mass is 168 g/mol. The highest BCUT2D eigenvalue weighted by atomic mass is 16.1. The Morgan fingerprint density at radius 1 is 1.42 bits per heavy atom. The summed E-state index contributed by atoms with van der Waals surface area (Å²) in [7, 11) is 0. The van der Waals surface area contributed by atoms with Crippen LogP contribution in [-0.2, 0) is 4.79 Å². The number of ketones is 1. The number of Topliss-reactive ketones (excluding diaryl/α,β-unsaturated/α-hetero) is 1. The van der Waals surface area contributed by atoms with E-state index in [-0.39, 0.29) is 5.41 Å². The molecule has 1 saturated carbocycles. The Morgan fingerprint density at radius 3 is 2.25 bits per heavy atom. The third-order valence-corrected chi connectivity index (χ3v) is 3.65. The maximum Gasteiger partial charge on any atom is 0.135 e. The molecule has 1 aliphatic rings. The maximum atomic E-state index is 11.5. The average molecular weight is 168 g/mol. The molecule has 0 N–H and O–H groups in total. The van der Waals surface area contributed by atoms with Gasteiger partial charge in [0.2, 0.25) is 0 Å². The molecule has 12 heavy (non-hydrogen) atoms. The molecule has 0 amide bonds. The quantitative estimate of drug-likeness (QED) is 0.619. The van der Waals surface area contributed by atoms with Gasteiger partial charge in [0.25, 0.3) is 0 Å². The van der Waals surface area contributed by atoms with E-state index in [2.05, 4.69) is 13.8 Å². The molecule has 0 spiro atoms. The van der Waals surface area contributed by atoms with E-state index in [1.54, 1.807) is 6.92 Å². The molecular formula is C11H20O. The second kappa shape index (κ2) is 3.59. The smallest absolute Gasteiger partial charge is 0.135 e. The third-order valence-electron chi connectivity index (χ3n) is 3.65. The predicted molar refractivity (Wildman–Crippen MR) is 51.0 cm³/mol. The Labute approximate surface area is 75.5 Å². The highest BCUT2D eigenvalue weighted by Gasteiger charge is 2.36. The van der Waals surface area contributed by atoms with Crippen molar-refractivity contribution in [3.8, 4) is 0 Å². The lowest BCUT2D eigenvalue weighted by atomic mass is 9.67. The summed E-state index contributed by atoms with van der Waals surface area (Å²) in [4.78, 5) is 11.5. The van der Waals surface area contributed by atoms with Gasteiger partial charge in [-0.2, -0.15) is 0 Å². The van der Waals surface area contributed by atoms with E-state index in [0.717, 1.165) is 25.2 Å². The van der Waals surface area contributed by atoms with Crippen LogP contribution in [0.1, 0.15) is 52.9 Å². The van der Waals surface area contributed by atoms with E-state index in [0.29, 0.717) is 5.78 Å². The zero-order valence-electron chi connectivity index (χ0n) is 8.52. The third kappa shape index (κ3) is 1.70. The van der Waals surface area contributed by atoms with Crippen LogP contribution >= 0.6 is 0 Å². The summed E-state index contributed by atoms with van der Waals surface area (Å²) in [5.41, 5.74) is 0.0620. The van der Waals surface area contributed by atoms with Crippen LogP contribution < -0.4 is 0 Å². The van der Waals surface area contributed by atoms with Gasteiger partial charge in [0, 0.05) is 5.41 Å². The molecule has 0 radical (unpaired) electrons. The topological polar surface area (TPSA) is 17.1 Å². The van der Waals surface area contributed by atoms with Crippen LogP contribution in [0.5, 0.6) is 0 Å². The lowest BCUT2D eigenvalue weighted by molar-refractivity contribution is -0.129. The Balaban J connectivity index is 2.63. The van der Waals surface area contributed by atoms with Gasteiger partial charge in [-0.1, -0.05) is 13.8 Å². The van der Waals surface area contributed by atoms with Crippen LogP contribution in [0.15, 0.2) is 0 Å². The Kier molecular flexibility index (Phi) is 2.92. The van der Waals surface area contributed by atoms with Crippen molar-refractivity contribution in [1.29, 1.82) is 0 Å². The molecular weight excluding hydrogens is 148 g/mol. The highest BCUT2D eigenvalue weighted by Crippen LogP contribution is 2.41. The normalized spacial score (nSPS) is 36.4. The van der Waals surface area contributed by atoms with Crippen molar-refractivity contribution >= 4 is 5.78 Å². The van der Waals surface area contributed by atoms with Gasteiger partial charge >= 0.3 is 0 Å². The van der Waals surface area contributed by atoms with E-state index in [9.17, 15) is 4.79 Å². The average Bonchev–Trinajstić information content (AvgIpc) is 2.06. The fraction of sp³-hybridized carbons (Fsp3) is 0.909. The van der Waals surface area contributed by atoms with Crippen molar-refractivity contribution in [3.63, 3.8) is 0 Å². The van der Waals surface area contributed by atoms with Gasteiger partial charge in [-0.15, -0.1) is 0 Å². The van der Waals surface area contributed by atoms with Gasteiger partial charge < -0.3 is 0 Å². The zero-order chi connectivity index (χ0) is 9.19. The van der Waals surface area contributed by atoms with Gasteiger partial charge in [-0.3, -0.25) is 4.79 Å². The summed E-state index contributed by atoms with van der Waals surface area (Å²) in [6, 6.07) is 0.